The topological polar surface area (TPSA) is 32.3 Å². The molecule has 0 aliphatic heterocycles. The maximum Gasteiger partial charge on any atom is 0.251 e. The molecule has 0 aliphatic rings. The highest BCUT2D eigenvalue weighted by Gasteiger charge is 2.09. The molecular formula is C14H20BrClN2O. The van der Waals surface area contributed by atoms with Crippen LogP contribution in [0.2, 0.25) is 5.02 Å². The van der Waals surface area contributed by atoms with E-state index in [-0.39, 0.29) is 5.91 Å². The molecule has 0 radical (unpaired) electrons. The molecule has 0 heterocycles. The van der Waals surface area contributed by atoms with Crippen LogP contribution in [0.1, 0.15) is 30.6 Å². The molecule has 1 aromatic carbocycles. The van der Waals surface area contributed by atoms with Crippen LogP contribution in [0.5, 0.6) is 0 Å². The fraction of sp³-hybridized carbons (Fsp3) is 0.500. The molecule has 1 rings (SSSR count). The zero-order valence-corrected chi connectivity index (χ0v) is 13.9. The number of likely N-dealkylation sites (N-methyl/N-ethyl adjacent to an activating group) is 1. The average molecular weight is 348 g/mol. The van der Waals surface area contributed by atoms with Gasteiger partial charge in [0.25, 0.3) is 5.91 Å². The van der Waals surface area contributed by atoms with Crippen LogP contribution in [0, 0.1) is 0 Å². The molecule has 1 N–H and O–H groups in total. The third kappa shape index (κ3) is 5.13. The number of nitrogens with zero attached hydrogens (tertiary/aromatic N) is 1. The Kier molecular flexibility index (Phi) is 6.83. The minimum absolute atomic E-state index is 0.0741. The van der Waals surface area contributed by atoms with E-state index in [2.05, 4.69) is 47.0 Å². The molecule has 0 aromatic heterocycles. The number of carbonyl (C=O) groups excluding carboxylic acids is 1. The number of amides is 1. The largest absolute Gasteiger partial charge is 0.351 e. The van der Waals surface area contributed by atoms with E-state index in [9.17, 15) is 4.79 Å². The molecule has 0 spiro atoms. The number of nitrogens with one attached hydrogen (secondary N) is 1. The Morgan fingerprint density at radius 1 is 1.53 bits per heavy atom. The summed E-state index contributed by atoms with van der Waals surface area (Å²) in [5.74, 6) is -0.0741. The summed E-state index contributed by atoms with van der Waals surface area (Å²) in [6, 6.07) is 5.70. The predicted octanol–water partition coefficient (Wildman–Crippen LogP) is 3.56. The fourth-order valence-electron chi connectivity index (χ4n) is 1.62. The summed E-state index contributed by atoms with van der Waals surface area (Å²) < 4.78 is 0.735. The normalized spacial score (nSPS) is 12.5. The quantitative estimate of drug-likeness (QED) is 0.853. The molecule has 19 heavy (non-hydrogen) atoms. The van der Waals surface area contributed by atoms with Crippen molar-refractivity contribution in [3.05, 3.63) is 33.3 Å². The maximum atomic E-state index is 11.9. The zero-order valence-electron chi connectivity index (χ0n) is 11.5. The second-order valence-electron chi connectivity index (χ2n) is 4.62. The molecule has 0 saturated heterocycles. The van der Waals surface area contributed by atoms with Gasteiger partial charge in [0.2, 0.25) is 0 Å². The number of hydrogen-bond donors (Lipinski definition) is 1. The van der Waals surface area contributed by atoms with E-state index in [0.717, 1.165) is 17.4 Å². The molecule has 0 aliphatic carbocycles. The predicted molar refractivity (Wildman–Crippen MR) is 83.9 cm³/mol. The van der Waals surface area contributed by atoms with E-state index in [0.29, 0.717) is 23.2 Å². The highest BCUT2D eigenvalue weighted by atomic mass is 79.9. The summed E-state index contributed by atoms with van der Waals surface area (Å²) in [6.45, 7) is 5.82. The van der Waals surface area contributed by atoms with Crippen molar-refractivity contribution in [1.82, 2.24) is 10.2 Å². The molecule has 1 amide bonds. The van der Waals surface area contributed by atoms with Gasteiger partial charge in [-0.15, -0.1) is 0 Å². The number of halogens is 2. The summed E-state index contributed by atoms with van der Waals surface area (Å²) in [7, 11) is 2.07. The van der Waals surface area contributed by atoms with Crippen molar-refractivity contribution >= 4 is 33.4 Å². The summed E-state index contributed by atoms with van der Waals surface area (Å²) >= 11 is 9.21. The van der Waals surface area contributed by atoms with Gasteiger partial charge in [-0.05, 0) is 54.5 Å². The molecule has 1 atom stereocenters. The first kappa shape index (κ1) is 16.5. The van der Waals surface area contributed by atoms with Gasteiger partial charge in [-0.3, -0.25) is 4.79 Å². The van der Waals surface area contributed by atoms with E-state index in [1.54, 1.807) is 18.2 Å². The lowest BCUT2D eigenvalue weighted by atomic mass is 10.2. The van der Waals surface area contributed by atoms with Crippen LogP contribution in [-0.4, -0.2) is 37.0 Å². The molecule has 106 valence electrons. The van der Waals surface area contributed by atoms with Crippen molar-refractivity contribution in [2.24, 2.45) is 0 Å². The Morgan fingerprint density at radius 3 is 2.79 bits per heavy atom. The Bertz CT molecular complexity index is 439. The van der Waals surface area contributed by atoms with Crippen molar-refractivity contribution in [2.75, 3.05) is 20.1 Å². The smallest absolute Gasteiger partial charge is 0.251 e. The van der Waals surface area contributed by atoms with Gasteiger partial charge in [-0.2, -0.15) is 0 Å². The van der Waals surface area contributed by atoms with Gasteiger partial charge in [-0.1, -0.05) is 18.5 Å². The Balaban J connectivity index is 2.45. The third-order valence-electron chi connectivity index (χ3n) is 3.28. The van der Waals surface area contributed by atoms with Crippen LogP contribution >= 0.6 is 27.5 Å². The van der Waals surface area contributed by atoms with Crippen LogP contribution in [0.3, 0.4) is 0 Å². The molecule has 0 fully saturated rings. The lowest BCUT2D eigenvalue weighted by Crippen LogP contribution is -2.37. The highest BCUT2D eigenvalue weighted by molar-refractivity contribution is 9.10. The Morgan fingerprint density at radius 2 is 2.21 bits per heavy atom. The van der Waals surface area contributed by atoms with Crippen LogP contribution < -0.4 is 5.32 Å². The van der Waals surface area contributed by atoms with E-state index < -0.39 is 0 Å². The lowest BCUT2D eigenvalue weighted by molar-refractivity contribution is 0.0947. The van der Waals surface area contributed by atoms with Gasteiger partial charge in [0.1, 0.15) is 0 Å². The first-order valence-electron chi connectivity index (χ1n) is 6.39. The van der Waals surface area contributed by atoms with Crippen LogP contribution in [0.25, 0.3) is 0 Å². The second kappa shape index (κ2) is 7.88. The van der Waals surface area contributed by atoms with Crippen LogP contribution in [-0.2, 0) is 0 Å². The minimum atomic E-state index is -0.0741. The molecule has 1 unspecified atom stereocenters. The van der Waals surface area contributed by atoms with Gasteiger partial charge in [0.05, 0.1) is 5.02 Å². The van der Waals surface area contributed by atoms with Gasteiger partial charge >= 0.3 is 0 Å². The number of benzene rings is 1. The molecule has 0 saturated carbocycles. The fourth-order valence-corrected chi connectivity index (χ4v) is 2.11. The Hall–Kier alpha value is -0.580. The van der Waals surface area contributed by atoms with E-state index >= 15 is 0 Å². The standard InChI is InChI=1S/C14H20BrClN2O/c1-4-10(2)18(3)8-7-17-14(19)11-5-6-13(16)12(15)9-11/h5-6,9-10H,4,7-8H2,1-3H3,(H,17,19). The number of rotatable bonds is 6. The van der Waals surface area contributed by atoms with Gasteiger partial charge in [-0.25, -0.2) is 0 Å². The molecular weight excluding hydrogens is 328 g/mol. The van der Waals surface area contributed by atoms with E-state index in [1.807, 2.05) is 0 Å². The van der Waals surface area contributed by atoms with Crippen molar-refractivity contribution < 1.29 is 4.79 Å². The second-order valence-corrected chi connectivity index (χ2v) is 5.88. The summed E-state index contributed by atoms with van der Waals surface area (Å²) in [5.41, 5.74) is 0.613. The maximum absolute atomic E-state index is 11.9. The van der Waals surface area contributed by atoms with E-state index in [1.165, 1.54) is 0 Å². The van der Waals surface area contributed by atoms with Crippen molar-refractivity contribution in [1.29, 1.82) is 0 Å². The van der Waals surface area contributed by atoms with Crippen LogP contribution in [0.4, 0.5) is 0 Å². The van der Waals surface area contributed by atoms with E-state index in [4.69, 9.17) is 11.6 Å². The minimum Gasteiger partial charge on any atom is -0.351 e. The summed E-state index contributed by atoms with van der Waals surface area (Å²) in [6.07, 6.45) is 1.11. The van der Waals surface area contributed by atoms with Crippen LogP contribution in [0.15, 0.2) is 22.7 Å². The number of hydrogen-bond acceptors (Lipinski definition) is 2. The average Bonchev–Trinajstić information content (AvgIpc) is 2.40. The van der Waals surface area contributed by atoms with Gasteiger partial charge < -0.3 is 10.2 Å². The van der Waals surface area contributed by atoms with Crippen molar-refractivity contribution in [3.63, 3.8) is 0 Å². The third-order valence-corrected chi connectivity index (χ3v) is 4.49. The first-order valence-corrected chi connectivity index (χ1v) is 7.56. The SMILES string of the molecule is CCC(C)N(C)CCNC(=O)c1ccc(Cl)c(Br)c1. The number of carbonyl (C=O) groups is 1. The zero-order chi connectivity index (χ0) is 14.4. The Labute approximate surface area is 128 Å². The first-order chi connectivity index (χ1) is 8.95. The lowest BCUT2D eigenvalue weighted by Gasteiger charge is -2.23. The monoisotopic (exact) mass is 346 g/mol. The van der Waals surface area contributed by atoms with Gasteiger partial charge in [0, 0.05) is 29.2 Å². The molecule has 3 nitrogen and oxygen atoms in total. The molecule has 5 heteroatoms. The molecule has 1 aromatic rings. The highest BCUT2D eigenvalue weighted by Crippen LogP contribution is 2.23. The van der Waals surface area contributed by atoms with Crippen molar-refractivity contribution in [3.8, 4) is 0 Å². The summed E-state index contributed by atoms with van der Waals surface area (Å²) in [4.78, 5) is 14.2. The summed E-state index contributed by atoms with van der Waals surface area (Å²) in [5, 5.41) is 3.52. The van der Waals surface area contributed by atoms with Crippen molar-refractivity contribution in [2.45, 2.75) is 26.3 Å². The van der Waals surface area contributed by atoms with Gasteiger partial charge in [0.15, 0.2) is 0 Å². The molecule has 0 bridgehead atoms.